The van der Waals surface area contributed by atoms with E-state index in [0.29, 0.717) is 6.61 Å². The monoisotopic (exact) mass is 325 g/mol. The van der Waals surface area contributed by atoms with Crippen molar-refractivity contribution in [1.29, 1.82) is 0 Å². The Hall–Kier alpha value is 0.594. The van der Waals surface area contributed by atoms with Gasteiger partial charge in [-0.15, -0.1) is 0 Å². The number of nitrogens with zero attached hydrogens (tertiary/aromatic N) is 1. The summed E-state index contributed by atoms with van der Waals surface area (Å²) in [4.78, 5) is 0. The molecule has 0 spiro atoms. The molecule has 0 saturated carbocycles. The number of aliphatic hydroxyl groups excluding tert-OH is 1. The summed E-state index contributed by atoms with van der Waals surface area (Å²) in [5.41, 5.74) is 0. The van der Waals surface area contributed by atoms with E-state index in [4.69, 9.17) is 5.11 Å². The number of hydrogen-bond donors (Lipinski definition) is 1. The number of rotatable bonds is 10. The molecular formula is C16H39NO2Ti. The van der Waals surface area contributed by atoms with E-state index < -0.39 is 0 Å². The fourth-order valence-corrected chi connectivity index (χ4v) is 2.73. The van der Waals surface area contributed by atoms with Gasteiger partial charge in [-0.25, -0.2) is 0 Å². The molecule has 0 aromatic heterocycles. The molecule has 0 aliphatic heterocycles. The van der Waals surface area contributed by atoms with Crippen molar-refractivity contribution >= 4 is 0 Å². The fourth-order valence-electron chi connectivity index (χ4n) is 2.73. The predicted octanol–water partition coefficient (Wildman–Crippen LogP) is 4.04. The second-order valence-corrected chi connectivity index (χ2v) is 5.31. The maximum Gasteiger partial charge on any atom is 0.0783 e. The second kappa shape index (κ2) is 21.9. The molecule has 0 aromatic rings. The van der Waals surface area contributed by atoms with Crippen molar-refractivity contribution in [2.45, 2.75) is 73.1 Å². The number of hydrogen-bond acceptors (Lipinski definition) is 2. The van der Waals surface area contributed by atoms with Gasteiger partial charge in [-0.05, 0) is 32.1 Å². The molecule has 0 aliphatic carbocycles. The summed E-state index contributed by atoms with van der Waals surface area (Å²) in [6.45, 7) is 17.2. The average Bonchev–Trinajstić information content (AvgIpc) is 2.32. The summed E-state index contributed by atoms with van der Waals surface area (Å²) in [7, 11) is 0. The molecule has 0 aromatic carbocycles. The van der Waals surface area contributed by atoms with Crippen molar-refractivity contribution in [2.75, 3.05) is 32.8 Å². The Morgan fingerprint density at radius 2 is 0.950 bits per heavy atom. The van der Waals surface area contributed by atoms with E-state index in [9.17, 15) is 0 Å². The summed E-state index contributed by atoms with van der Waals surface area (Å²) < 4.78 is 1.38. The van der Waals surface area contributed by atoms with Gasteiger partial charge >= 0.3 is 0 Å². The molecule has 4 heteroatoms. The predicted molar refractivity (Wildman–Crippen MR) is 84.8 cm³/mol. The zero-order chi connectivity index (χ0) is 14.3. The van der Waals surface area contributed by atoms with Crippen LogP contribution in [0.4, 0.5) is 0 Å². The van der Waals surface area contributed by atoms with Crippen LogP contribution in [0.3, 0.4) is 0 Å². The first-order valence-corrected chi connectivity index (χ1v) is 8.12. The van der Waals surface area contributed by atoms with Gasteiger partial charge in [-0.3, -0.25) is 0 Å². The van der Waals surface area contributed by atoms with Crippen LogP contribution in [0.2, 0.25) is 0 Å². The topological polar surface area (TPSA) is 50.2 Å². The molecule has 0 saturated heterocycles. The summed E-state index contributed by atoms with van der Waals surface area (Å²) in [6.07, 6.45) is 7.37. The van der Waals surface area contributed by atoms with Crippen molar-refractivity contribution in [1.82, 2.24) is 0 Å². The number of unbranched alkanes of at least 4 members (excludes halogenated alkanes) is 1. The van der Waals surface area contributed by atoms with Gasteiger partial charge in [-0.2, -0.15) is 0 Å². The minimum atomic E-state index is 0. The van der Waals surface area contributed by atoms with Crippen LogP contribution in [0.5, 0.6) is 0 Å². The minimum Gasteiger partial charge on any atom is -0.870 e. The third-order valence-electron chi connectivity index (χ3n) is 3.30. The standard InChI is InChI=1S/C12H28N.C4H10O.H2O.Ti/c1-5-9-13(10-6-2,11-7-3)12-8-4;1-2-3-4-5;;/h5-12H2,1-4H3;5H,2-4H2,1H3;1H2;/q+1;;;/p-1. The van der Waals surface area contributed by atoms with E-state index in [1.54, 1.807) is 0 Å². The molecule has 0 amide bonds. The van der Waals surface area contributed by atoms with Crippen molar-refractivity contribution < 1.29 is 36.8 Å². The Bertz CT molecular complexity index is 126. The molecule has 0 bridgehead atoms. The van der Waals surface area contributed by atoms with Gasteiger partial charge in [0.2, 0.25) is 0 Å². The van der Waals surface area contributed by atoms with E-state index in [-0.39, 0.29) is 27.2 Å². The van der Waals surface area contributed by atoms with Crippen LogP contribution in [0.25, 0.3) is 0 Å². The number of quaternary nitrogens is 1. The first-order valence-electron chi connectivity index (χ1n) is 8.12. The summed E-state index contributed by atoms with van der Waals surface area (Å²) in [5, 5.41) is 8.07. The molecule has 0 atom stereocenters. The maximum atomic E-state index is 8.07. The SMILES string of the molecule is CCCCO.CCC[N+](CCC)(CCC)CCC.[OH-].[Ti]. The van der Waals surface area contributed by atoms with Crippen LogP contribution in [-0.2, 0) is 21.7 Å². The molecule has 2 N–H and O–H groups in total. The Morgan fingerprint density at radius 3 is 1.05 bits per heavy atom. The van der Waals surface area contributed by atoms with E-state index in [1.165, 1.54) is 56.3 Å². The van der Waals surface area contributed by atoms with Crippen LogP contribution >= 0.6 is 0 Å². The van der Waals surface area contributed by atoms with E-state index in [0.717, 1.165) is 12.8 Å². The van der Waals surface area contributed by atoms with Gasteiger partial charge in [0.15, 0.2) is 0 Å². The normalized spacial score (nSPS) is 9.90. The van der Waals surface area contributed by atoms with Gasteiger partial charge in [0.25, 0.3) is 0 Å². The zero-order valence-corrected chi connectivity index (χ0v) is 16.2. The van der Waals surface area contributed by atoms with Gasteiger partial charge in [0.05, 0.1) is 26.2 Å². The summed E-state index contributed by atoms with van der Waals surface area (Å²) in [6, 6.07) is 0. The second-order valence-electron chi connectivity index (χ2n) is 5.31. The minimum absolute atomic E-state index is 0. The Labute approximate surface area is 142 Å². The van der Waals surface area contributed by atoms with Crippen molar-refractivity contribution in [3.8, 4) is 0 Å². The summed E-state index contributed by atoms with van der Waals surface area (Å²) >= 11 is 0. The molecule has 0 radical (unpaired) electrons. The maximum absolute atomic E-state index is 8.07. The molecule has 0 rings (SSSR count). The zero-order valence-electron chi connectivity index (χ0n) is 14.6. The third-order valence-corrected chi connectivity index (χ3v) is 3.30. The Kier molecular flexibility index (Phi) is 31.4. The van der Waals surface area contributed by atoms with E-state index in [1.807, 2.05) is 0 Å². The van der Waals surface area contributed by atoms with Gasteiger partial charge in [-0.1, -0.05) is 41.0 Å². The van der Waals surface area contributed by atoms with E-state index >= 15 is 0 Å². The average molecular weight is 325 g/mol. The summed E-state index contributed by atoms with van der Waals surface area (Å²) in [5.74, 6) is 0. The molecule has 0 aliphatic rings. The van der Waals surface area contributed by atoms with Gasteiger partial charge in [0.1, 0.15) is 0 Å². The van der Waals surface area contributed by atoms with Crippen molar-refractivity contribution in [2.24, 2.45) is 0 Å². The van der Waals surface area contributed by atoms with Crippen molar-refractivity contribution in [3.63, 3.8) is 0 Å². The Balaban J connectivity index is -0.000000158. The van der Waals surface area contributed by atoms with Gasteiger partial charge < -0.3 is 15.1 Å². The molecule has 0 heterocycles. The molecule has 124 valence electrons. The van der Waals surface area contributed by atoms with Gasteiger partial charge in [0, 0.05) is 28.3 Å². The smallest absolute Gasteiger partial charge is 0.0783 e. The van der Waals surface area contributed by atoms with Crippen LogP contribution < -0.4 is 0 Å². The molecule has 0 fully saturated rings. The first-order chi connectivity index (χ1) is 8.66. The molecular weight excluding hydrogens is 286 g/mol. The van der Waals surface area contributed by atoms with Crippen LogP contribution in [0.1, 0.15) is 73.1 Å². The fraction of sp³-hybridized carbons (Fsp3) is 1.00. The van der Waals surface area contributed by atoms with Crippen LogP contribution in [-0.4, -0.2) is 47.9 Å². The number of aliphatic hydroxyl groups is 1. The van der Waals surface area contributed by atoms with Crippen molar-refractivity contribution in [3.05, 3.63) is 0 Å². The molecule has 3 nitrogen and oxygen atoms in total. The molecule has 0 unspecified atom stereocenters. The van der Waals surface area contributed by atoms with Crippen LogP contribution in [0, 0.1) is 0 Å². The quantitative estimate of drug-likeness (QED) is 0.487. The Morgan fingerprint density at radius 1 is 0.650 bits per heavy atom. The first kappa shape index (κ1) is 28.7. The third kappa shape index (κ3) is 16.6. The van der Waals surface area contributed by atoms with Crippen LogP contribution in [0.15, 0.2) is 0 Å². The van der Waals surface area contributed by atoms with E-state index in [2.05, 4.69) is 34.6 Å². The molecule has 20 heavy (non-hydrogen) atoms. The largest absolute Gasteiger partial charge is 0.870 e.